The van der Waals surface area contributed by atoms with Gasteiger partial charge in [-0.15, -0.1) is 12.4 Å². The lowest BCUT2D eigenvalue weighted by molar-refractivity contribution is -0.162. The van der Waals surface area contributed by atoms with Gasteiger partial charge in [-0.1, -0.05) is 62.5 Å². The minimum Gasteiger partial charge on any atom is -0.462 e. The Hall–Kier alpha value is -0.920. The van der Waals surface area contributed by atoms with Gasteiger partial charge in [0.05, 0.1) is 0 Å². The van der Waals surface area contributed by atoms with E-state index in [9.17, 15) is 9.90 Å². The van der Waals surface area contributed by atoms with Crippen LogP contribution in [0.5, 0.6) is 0 Å². The van der Waals surface area contributed by atoms with E-state index in [1.807, 2.05) is 0 Å². The fourth-order valence-electron chi connectivity index (χ4n) is 3.34. The van der Waals surface area contributed by atoms with Crippen molar-refractivity contribution >= 4 is 50.2 Å². The molecule has 0 bridgehead atoms. The van der Waals surface area contributed by atoms with E-state index >= 15 is 0 Å². The molecule has 1 saturated heterocycles. The highest BCUT2D eigenvalue weighted by Gasteiger charge is 2.41. The summed E-state index contributed by atoms with van der Waals surface area (Å²) in [6, 6.07) is 14.2. The summed E-state index contributed by atoms with van der Waals surface area (Å²) in [6.07, 6.45) is 3.65. The Morgan fingerprint density at radius 1 is 0.929 bits per heavy atom. The third-order valence-electron chi connectivity index (χ3n) is 4.91. The van der Waals surface area contributed by atoms with Crippen LogP contribution in [0.1, 0.15) is 30.4 Å². The largest absolute Gasteiger partial charge is 0.462 e. The molecule has 0 unspecified atom stereocenters. The zero-order chi connectivity index (χ0) is 19.3. The number of esters is 1. The number of benzene rings is 2. The van der Waals surface area contributed by atoms with Gasteiger partial charge in [0.25, 0.3) is 0 Å². The third kappa shape index (κ3) is 5.57. The second-order valence-corrected chi connectivity index (χ2v) is 8.59. The number of hydrogen-bond acceptors (Lipinski definition) is 4. The number of nitrogens with zero attached hydrogens (tertiary/aromatic N) is 1. The zero-order valence-corrected chi connectivity index (χ0v) is 19.4. The first-order chi connectivity index (χ1) is 13.0. The minimum atomic E-state index is -1.84. The van der Waals surface area contributed by atoms with E-state index in [1.165, 1.54) is 19.3 Å². The average molecular weight is 534 g/mol. The van der Waals surface area contributed by atoms with Crippen LogP contribution in [0.4, 0.5) is 0 Å². The first-order valence-corrected chi connectivity index (χ1v) is 10.7. The Morgan fingerprint density at radius 3 is 1.86 bits per heavy atom. The molecule has 0 aromatic heterocycles. The number of rotatable bonds is 6. The highest BCUT2D eigenvalue weighted by Crippen LogP contribution is 2.33. The molecule has 28 heavy (non-hydrogen) atoms. The number of piperidine rings is 1. The standard InChI is InChI=1S/C21H23Br2NO3.ClH/c22-18-8-4-16(5-9-18)21(26,17-6-10-19(23)11-7-17)20(25)27-15-14-24-12-2-1-3-13-24;/h4-11,26H,1-3,12-15H2;1H. The van der Waals surface area contributed by atoms with E-state index in [1.54, 1.807) is 48.5 Å². The van der Waals surface area contributed by atoms with Crippen LogP contribution in [0.2, 0.25) is 0 Å². The van der Waals surface area contributed by atoms with Crippen molar-refractivity contribution in [1.29, 1.82) is 0 Å². The van der Waals surface area contributed by atoms with Gasteiger partial charge in [0.2, 0.25) is 5.60 Å². The van der Waals surface area contributed by atoms with Gasteiger partial charge < -0.3 is 9.84 Å². The Bertz CT molecular complexity index is 717. The van der Waals surface area contributed by atoms with Crippen molar-refractivity contribution in [3.05, 3.63) is 68.6 Å². The monoisotopic (exact) mass is 531 g/mol. The van der Waals surface area contributed by atoms with Crippen molar-refractivity contribution in [2.75, 3.05) is 26.2 Å². The third-order valence-corrected chi connectivity index (χ3v) is 5.97. The molecule has 7 heteroatoms. The summed E-state index contributed by atoms with van der Waals surface area (Å²) in [4.78, 5) is 15.3. The molecule has 1 N–H and O–H groups in total. The summed E-state index contributed by atoms with van der Waals surface area (Å²) in [5.41, 5.74) is -0.879. The molecule has 152 valence electrons. The topological polar surface area (TPSA) is 49.8 Å². The highest BCUT2D eigenvalue weighted by atomic mass is 79.9. The van der Waals surface area contributed by atoms with Crippen molar-refractivity contribution in [2.45, 2.75) is 24.9 Å². The van der Waals surface area contributed by atoms with E-state index in [4.69, 9.17) is 4.74 Å². The first kappa shape index (κ1) is 23.4. The van der Waals surface area contributed by atoms with Crippen LogP contribution >= 0.6 is 44.3 Å². The Balaban J connectivity index is 0.00000280. The maximum Gasteiger partial charge on any atom is 0.347 e. The molecule has 2 aromatic rings. The SMILES string of the molecule is Cl.O=C(OCCN1CCCCC1)C(O)(c1ccc(Br)cc1)c1ccc(Br)cc1. The molecular formula is C21H24Br2ClNO3. The van der Waals surface area contributed by atoms with Gasteiger partial charge in [0, 0.05) is 15.5 Å². The molecule has 1 fully saturated rings. The molecule has 2 aromatic carbocycles. The maximum absolute atomic E-state index is 13.0. The molecule has 0 aliphatic carbocycles. The molecule has 1 aliphatic heterocycles. The maximum atomic E-state index is 13.0. The lowest BCUT2D eigenvalue weighted by Crippen LogP contribution is -2.40. The number of ether oxygens (including phenoxy) is 1. The molecule has 1 aliphatic rings. The van der Waals surface area contributed by atoms with Crippen LogP contribution in [0.25, 0.3) is 0 Å². The van der Waals surface area contributed by atoms with Crippen LogP contribution < -0.4 is 0 Å². The van der Waals surface area contributed by atoms with Gasteiger partial charge in [-0.3, -0.25) is 4.90 Å². The lowest BCUT2D eigenvalue weighted by Gasteiger charge is -2.29. The molecule has 1 heterocycles. The fraction of sp³-hybridized carbons (Fsp3) is 0.381. The van der Waals surface area contributed by atoms with E-state index < -0.39 is 11.6 Å². The van der Waals surface area contributed by atoms with Crippen molar-refractivity contribution in [2.24, 2.45) is 0 Å². The normalized spacial score (nSPS) is 15.0. The predicted octanol–water partition coefficient (Wildman–Crippen LogP) is 4.90. The molecule has 0 spiro atoms. The smallest absolute Gasteiger partial charge is 0.347 e. The van der Waals surface area contributed by atoms with Crippen LogP contribution in [0.15, 0.2) is 57.5 Å². The molecule has 0 radical (unpaired) electrons. The summed E-state index contributed by atoms with van der Waals surface area (Å²) >= 11 is 6.78. The lowest BCUT2D eigenvalue weighted by atomic mass is 9.86. The van der Waals surface area contributed by atoms with Crippen molar-refractivity contribution in [1.82, 2.24) is 4.90 Å². The van der Waals surface area contributed by atoms with Crippen molar-refractivity contribution in [3.63, 3.8) is 0 Å². The second-order valence-electron chi connectivity index (χ2n) is 6.76. The van der Waals surface area contributed by atoms with Crippen LogP contribution in [-0.2, 0) is 15.1 Å². The average Bonchev–Trinajstić information content (AvgIpc) is 2.69. The molecular weight excluding hydrogens is 509 g/mol. The number of carbonyl (C=O) groups is 1. The summed E-state index contributed by atoms with van der Waals surface area (Å²) < 4.78 is 7.28. The van der Waals surface area contributed by atoms with Crippen LogP contribution in [0.3, 0.4) is 0 Å². The van der Waals surface area contributed by atoms with Gasteiger partial charge in [-0.2, -0.15) is 0 Å². The van der Waals surface area contributed by atoms with Gasteiger partial charge in [-0.05, 0) is 61.3 Å². The number of hydrogen-bond donors (Lipinski definition) is 1. The number of halogens is 3. The van der Waals surface area contributed by atoms with Gasteiger partial charge in [0.15, 0.2) is 0 Å². The molecule has 4 nitrogen and oxygen atoms in total. The van der Waals surface area contributed by atoms with E-state index in [2.05, 4.69) is 36.8 Å². The predicted molar refractivity (Wildman–Crippen MR) is 120 cm³/mol. The van der Waals surface area contributed by atoms with Crippen LogP contribution in [-0.4, -0.2) is 42.2 Å². The van der Waals surface area contributed by atoms with E-state index in [0.717, 1.165) is 22.0 Å². The summed E-state index contributed by atoms with van der Waals surface area (Å²) in [5.74, 6) is -0.649. The minimum absolute atomic E-state index is 0. The Labute approximate surface area is 188 Å². The number of likely N-dealkylation sites (tertiary alicyclic amines) is 1. The number of carbonyl (C=O) groups excluding carboxylic acids is 1. The second kappa shape index (κ2) is 10.7. The quantitative estimate of drug-likeness (QED) is 0.537. The molecule has 0 amide bonds. The Morgan fingerprint density at radius 2 is 1.39 bits per heavy atom. The van der Waals surface area contributed by atoms with Crippen molar-refractivity contribution in [3.8, 4) is 0 Å². The zero-order valence-electron chi connectivity index (χ0n) is 15.4. The van der Waals surface area contributed by atoms with Gasteiger partial charge in [-0.25, -0.2) is 4.79 Å². The fourth-order valence-corrected chi connectivity index (χ4v) is 3.87. The summed E-state index contributed by atoms with van der Waals surface area (Å²) in [7, 11) is 0. The van der Waals surface area contributed by atoms with Crippen LogP contribution in [0, 0.1) is 0 Å². The summed E-state index contributed by atoms with van der Waals surface area (Å²) in [5, 5.41) is 11.4. The van der Waals surface area contributed by atoms with E-state index in [0.29, 0.717) is 17.7 Å². The van der Waals surface area contributed by atoms with E-state index in [-0.39, 0.29) is 19.0 Å². The van der Waals surface area contributed by atoms with Crippen molar-refractivity contribution < 1.29 is 14.6 Å². The summed E-state index contributed by atoms with van der Waals surface area (Å²) in [6.45, 7) is 3.05. The van der Waals surface area contributed by atoms with Gasteiger partial charge in [0.1, 0.15) is 6.61 Å². The molecule has 3 rings (SSSR count). The molecule has 0 saturated carbocycles. The van der Waals surface area contributed by atoms with Gasteiger partial charge >= 0.3 is 5.97 Å². The number of aliphatic hydroxyl groups is 1. The Kier molecular flexibility index (Phi) is 8.96. The first-order valence-electron chi connectivity index (χ1n) is 9.14. The molecule has 0 atom stereocenters. The highest BCUT2D eigenvalue weighted by molar-refractivity contribution is 9.10.